The van der Waals surface area contributed by atoms with E-state index in [4.69, 9.17) is 27.5 Å². The summed E-state index contributed by atoms with van der Waals surface area (Å²) in [6.45, 7) is 4.02. The summed E-state index contributed by atoms with van der Waals surface area (Å²) >= 11 is 5.70. The molecule has 2 aromatic rings. The average Bonchev–Trinajstić information content (AvgIpc) is 3.02. The van der Waals surface area contributed by atoms with Crippen LogP contribution in [0, 0.1) is 18.7 Å². The number of carbonyl (C=O) groups is 1. The zero-order valence-electron chi connectivity index (χ0n) is 18.3. The highest BCUT2D eigenvalue weighted by molar-refractivity contribution is 6.34. The van der Waals surface area contributed by atoms with E-state index in [0.717, 1.165) is 31.7 Å². The molecule has 3 aliphatic rings. The molecule has 2 saturated heterocycles. The molecule has 5 rings (SSSR count). The van der Waals surface area contributed by atoms with Crippen LogP contribution in [0.1, 0.15) is 50.0 Å². The lowest BCUT2D eigenvalue weighted by Gasteiger charge is -2.53. The van der Waals surface area contributed by atoms with Gasteiger partial charge in [-0.3, -0.25) is 9.79 Å². The van der Waals surface area contributed by atoms with E-state index in [1.807, 2.05) is 4.90 Å². The quantitative estimate of drug-likeness (QED) is 0.309. The topological polar surface area (TPSA) is 136 Å². The Hall–Kier alpha value is -3.01. The Morgan fingerprint density at radius 2 is 2.12 bits per heavy atom. The van der Waals surface area contributed by atoms with Crippen molar-refractivity contribution in [1.29, 1.82) is 0 Å². The number of nitrogen functional groups attached to an aromatic ring is 1. The van der Waals surface area contributed by atoms with Crippen LogP contribution in [0.4, 0.5) is 10.1 Å². The second kappa shape index (κ2) is 9.64. The second-order valence-electron chi connectivity index (χ2n) is 8.17. The molecule has 3 fully saturated rings. The Balaban J connectivity index is 0.000000183. The monoisotopic (exact) mass is 463 g/mol. The third-order valence-corrected chi connectivity index (χ3v) is 6.20. The minimum absolute atomic E-state index is 0.0665. The van der Waals surface area contributed by atoms with Gasteiger partial charge in [0.2, 0.25) is 18.2 Å². The Labute approximate surface area is 190 Å². The van der Waals surface area contributed by atoms with E-state index in [1.54, 1.807) is 14.0 Å². The number of aromatic nitrogens is 2. The van der Waals surface area contributed by atoms with Crippen LogP contribution in [0.5, 0.6) is 0 Å². The number of aryl methyl sites for hydroxylation is 1. The Morgan fingerprint density at radius 1 is 1.38 bits per heavy atom. The smallest absolute Gasteiger partial charge is 0.242 e. The molecule has 1 aromatic heterocycles. The van der Waals surface area contributed by atoms with E-state index in [9.17, 15) is 9.18 Å². The zero-order chi connectivity index (χ0) is 23.5. The number of nitrogens with zero attached hydrogens (tertiary/aromatic N) is 5. The average molecular weight is 464 g/mol. The van der Waals surface area contributed by atoms with Crippen molar-refractivity contribution in [3.63, 3.8) is 0 Å². The van der Waals surface area contributed by atoms with E-state index in [0.29, 0.717) is 23.7 Å². The first-order valence-electron chi connectivity index (χ1n) is 10.2. The maximum Gasteiger partial charge on any atom is 0.242 e. The maximum atomic E-state index is 13.2. The lowest BCUT2D eigenvalue weighted by molar-refractivity contribution is -0.147. The highest BCUT2D eigenvalue weighted by atomic mass is 35.5. The van der Waals surface area contributed by atoms with Gasteiger partial charge in [0.25, 0.3) is 0 Å². The molecule has 9 nitrogen and oxygen atoms in total. The fourth-order valence-electron chi connectivity index (χ4n) is 4.36. The number of hydrogen-bond donors (Lipinski definition) is 2. The van der Waals surface area contributed by atoms with Crippen molar-refractivity contribution in [2.45, 2.75) is 51.1 Å². The van der Waals surface area contributed by atoms with E-state index < -0.39 is 5.82 Å². The number of benzene rings is 1. The van der Waals surface area contributed by atoms with Gasteiger partial charge in [0, 0.05) is 37.7 Å². The number of amides is 1. The van der Waals surface area contributed by atoms with Crippen molar-refractivity contribution in [1.82, 2.24) is 15.1 Å². The third-order valence-electron chi connectivity index (χ3n) is 5.82. The van der Waals surface area contributed by atoms with Gasteiger partial charge >= 0.3 is 0 Å². The fourth-order valence-corrected chi connectivity index (χ4v) is 4.56. The molecule has 172 valence electrons. The molecular formula is C21H27ClFN7O2. The van der Waals surface area contributed by atoms with Crippen LogP contribution in [-0.2, 0) is 10.3 Å². The van der Waals surface area contributed by atoms with Crippen molar-refractivity contribution in [3.8, 4) is 0 Å². The van der Waals surface area contributed by atoms with Crippen LogP contribution < -0.4 is 11.5 Å². The van der Waals surface area contributed by atoms with Crippen LogP contribution in [0.2, 0.25) is 5.02 Å². The van der Waals surface area contributed by atoms with Gasteiger partial charge in [-0.25, -0.2) is 9.38 Å². The summed E-state index contributed by atoms with van der Waals surface area (Å²) in [5.74, 6) is 1.22. The summed E-state index contributed by atoms with van der Waals surface area (Å²) in [6, 6.07) is 2.94. The SMILES string of the molecule is CN=CN=C(N)c1cc(N)cc(F)c1Cl.Cc1nnc([C@]23C[C@H](C)CC[C@H](C2)N3C=O)o1. The van der Waals surface area contributed by atoms with Gasteiger partial charge in [0.05, 0.1) is 5.02 Å². The number of rotatable bonds is 4. The summed E-state index contributed by atoms with van der Waals surface area (Å²) in [5, 5.41) is 7.93. The standard InChI is InChI=1S/C12H17N3O2.C9H10ClFN4/c1-8-3-4-10-6-12(5-8,15(10)7-16)11-14-13-9(2)17-11;1-14-4-15-9(13)6-2-5(12)3-7(11)8(6)10/h7-8,10H,3-6H2,1-2H3;2-4H,12H2,1H3,(H2,13,14,15)/t8-,10-,12+;/m1./s1. The van der Waals surface area contributed by atoms with Crippen LogP contribution in [-0.4, -0.2) is 46.8 Å². The van der Waals surface area contributed by atoms with Crippen molar-refractivity contribution in [2.75, 3.05) is 12.8 Å². The minimum Gasteiger partial charge on any atom is -0.423 e. The zero-order valence-corrected chi connectivity index (χ0v) is 19.0. The number of hydrogen-bond acceptors (Lipinski definition) is 6. The number of aliphatic imine (C=N–C) groups is 2. The first-order chi connectivity index (χ1) is 15.2. The summed E-state index contributed by atoms with van der Waals surface area (Å²) < 4.78 is 18.7. The van der Waals surface area contributed by atoms with Crippen LogP contribution >= 0.6 is 11.6 Å². The van der Waals surface area contributed by atoms with Gasteiger partial charge in [-0.1, -0.05) is 18.5 Å². The molecule has 1 aliphatic carbocycles. The number of anilines is 1. The van der Waals surface area contributed by atoms with Gasteiger partial charge in [-0.15, -0.1) is 10.2 Å². The highest BCUT2D eigenvalue weighted by Gasteiger charge is 2.57. The number of carbonyl (C=O) groups excluding carboxylic acids is 1. The third kappa shape index (κ3) is 4.59. The van der Waals surface area contributed by atoms with Crippen LogP contribution in [0.3, 0.4) is 0 Å². The number of halogens is 2. The van der Waals surface area contributed by atoms with E-state index >= 15 is 0 Å². The molecule has 32 heavy (non-hydrogen) atoms. The first-order valence-corrected chi connectivity index (χ1v) is 10.6. The lowest BCUT2D eigenvalue weighted by Crippen LogP contribution is -2.62. The number of fused-ring (bicyclic) bond motifs is 3. The van der Waals surface area contributed by atoms with Crippen molar-refractivity contribution in [3.05, 3.63) is 40.3 Å². The predicted octanol–water partition coefficient (Wildman–Crippen LogP) is 3.05. The molecule has 4 N–H and O–H groups in total. The summed E-state index contributed by atoms with van der Waals surface area (Å²) in [7, 11) is 1.54. The Morgan fingerprint density at radius 3 is 2.75 bits per heavy atom. The van der Waals surface area contributed by atoms with E-state index in [1.165, 1.54) is 18.8 Å². The van der Waals surface area contributed by atoms with Crippen molar-refractivity contribution < 1.29 is 13.6 Å². The molecule has 0 unspecified atom stereocenters. The molecule has 1 amide bonds. The van der Waals surface area contributed by atoms with Crippen LogP contribution in [0.15, 0.2) is 26.5 Å². The summed E-state index contributed by atoms with van der Waals surface area (Å²) in [6.07, 6.45) is 6.36. The Kier molecular flexibility index (Phi) is 7.12. The normalized spacial score (nSPS) is 25.0. The highest BCUT2D eigenvalue weighted by Crippen LogP contribution is 2.52. The molecule has 3 heterocycles. The minimum atomic E-state index is -0.627. The van der Waals surface area contributed by atoms with E-state index in [-0.39, 0.29) is 27.6 Å². The maximum absolute atomic E-state index is 13.2. The molecule has 0 radical (unpaired) electrons. The van der Waals surface area contributed by atoms with Gasteiger partial charge in [-0.05, 0) is 37.3 Å². The number of amidine groups is 1. The van der Waals surface area contributed by atoms with Crippen molar-refractivity contribution in [2.24, 2.45) is 21.6 Å². The van der Waals surface area contributed by atoms with Gasteiger partial charge < -0.3 is 20.8 Å². The first kappa shape index (κ1) is 23.6. The van der Waals surface area contributed by atoms with Crippen molar-refractivity contribution >= 4 is 35.9 Å². The Bertz CT molecular complexity index is 1040. The van der Waals surface area contributed by atoms with Gasteiger partial charge in [0.1, 0.15) is 23.5 Å². The molecule has 2 bridgehead atoms. The van der Waals surface area contributed by atoms with E-state index in [2.05, 4.69) is 27.1 Å². The largest absolute Gasteiger partial charge is 0.423 e. The molecule has 1 saturated carbocycles. The molecule has 2 aliphatic heterocycles. The summed E-state index contributed by atoms with van der Waals surface area (Å²) in [4.78, 5) is 20.5. The number of nitrogens with two attached hydrogens (primary N) is 2. The fraction of sp³-hybridized carbons (Fsp3) is 0.476. The molecule has 0 spiro atoms. The van der Waals surface area contributed by atoms with Crippen LogP contribution in [0.25, 0.3) is 0 Å². The molecular weight excluding hydrogens is 437 g/mol. The summed E-state index contributed by atoms with van der Waals surface area (Å²) in [5.41, 5.74) is 11.2. The molecule has 3 atom stereocenters. The van der Waals surface area contributed by atoms with Gasteiger partial charge in [-0.2, -0.15) is 0 Å². The lowest BCUT2D eigenvalue weighted by atomic mass is 9.76. The molecule has 1 aromatic carbocycles. The van der Waals surface area contributed by atoms with Gasteiger partial charge in [0.15, 0.2) is 0 Å². The predicted molar refractivity (Wildman–Crippen MR) is 121 cm³/mol. The molecule has 11 heteroatoms. The second-order valence-corrected chi connectivity index (χ2v) is 8.55.